The number of carbonyl (C=O) groups is 2. The fourth-order valence-electron chi connectivity index (χ4n) is 1.98. The molecule has 0 atom stereocenters. The van der Waals surface area contributed by atoms with Crippen LogP contribution in [0.1, 0.15) is 29.6 Å². The molecule has 0 unspecified atom stereocenters. The highest BCUT2D eigenvalue weighted by Gasteiger charge is 2.21. The topological polar surface area (TPSA) is 72.6 Å². The Labute approximate surface area is 142 Å². The van der Waals surface area contributed by atoms with Crippen LogP contribution in [0.2, 0.25) is 0 Å². The molecule has 0 N–H and O–H groups in total. The Morgan fingerprint density at radius 1 is 1.30 bits per heavy atom. The summed E-state index contributed by atoms with van der Waals surface area (Å²) < 4.78 is 10.7. The van der Waals surface area contributed by atoms with Crippen LogP contribution in [0, 0.1) is 0 Å². The van der Waals surface area contributed by atoms with E-state index in [2.05, 4.69) is 20.9 Å². The molecular formula is C16H17BrN2O4. The fourth-order valence-corrected chi connectivity index (χ4v) is 2.29. The number of nitrogens with zero attached hydrogens (tertiary/aromatic N) is 2. The number of amides is 1. The normalized spacial score (nSPS) is 10.3. The first kappa shape index (κ1) is 17.2. The third-order valence-electron chi connectivity index (χ3n) is 3.04. The molecule has 2 aromatic heterocycles. The molecule has 23 heavy (non-hydrogen) atoms. The van der Waals surface area contributed by atoms with Gasteiger partial charge in [-0.3, -0.25) is 14.6 Å². The number of aromatic nitrogens is 1. The van der Waals surface area contributed by atoms with Crippen LogP contribution in [-0.2, 0) is 16.1 Å². The van der Waals surface area contributed by atoms with Crippen molar-refractivity contribution in [3.63, 3.8) is 0 Å². The van der Waals surface area contributed by atoms with Crippen molar-refractivity contribution in [2.75, 3.05) is 13.2 Å². The van der Waals surface area contributed by atoms with Gasteiger partial charge in [-0.2, -0.15) is 0 Å². The van der Waals surface area contributed by atoms with E-state index in [1.165, 1.54) is 4.90 Å². The first-order valence-corrected chi connectivity index (χ1v) is 7.99. The predicted molar refractivity (Wildman–Crippen MR) is 86.6 cm³/mol. The zero-order valence-electron chi connectivity index (χ0n) is 12.7. The van der Waals surface area contributed by atoms with E-state index in [4.69, 9.17) is 9.15 Å². The highest BCUT2D eigenvalue weighted by atomic mass is 79.9. The van der Waals surface area contributed by atoms with Gasteiger partial charge in [0, 0.05) is 12.7 Å². The van der Waals surface area contributed by atoms with E-state index in [9.17, 15) is 9.59 Å². The second-order valence-corrected chi connectivity index (χ2v) is 5.49. The lowest BCUT2D eigenvalue weighted by Gasteiger charge is -2.20. The Bertz CT molecular complexity index is 657. The van der Waals surface area contributed by atoms with Crippen molar-refractivity contribution in [2.45, 2.75) is 19.9 Å². The number of pyridine rings is 1. The van der Waals surface area contributed by atoms with Gasteiger partial charge in [0.25, 0.3) is 5.91 Å². The Morgan fingerprint density at radius 2 is 2.13 bits per heavy atom. The summed E-state index contributed by atoms with van der Waals surface area (Å²) in [4.78, 5) is 29.9. The number of hydrogen-bond acceptors (Lipinski definition) is 5. The lowest BCUT2D eigenvalue weighted by atomic mass is 10.2. The fraction of sp³-hybridized carbons (Fsp3) is 0.312. The van der Waals surface area contributed by atoms with Gasteiger partial charge >= 0.3 is 5.97 Å². The number of rotatable bonds is 7. The molecule has 0 aromatic carbocycles. The molecule has 0 aliphatic rings. The summed E-state index contributed by atoms with van der Waals surface area (Å²) in [5.74, 6) is -0.436. The molecule has 0 spiro atoms. The number of esters is 1. The van der Waals surface area contributed by atoms with Crippen LogP contribution >= 0.6 is 15.9 Å². The second-order valence-electron chi connectivity index (χ2n) is 4.71. The van der Waals surface area contributed by atoms with Gasteiger partial charge in [0.15, 0.2) is 10.4 Å². The third kappa shape index (κ3) is 5.21. The van der Waals surface area contributed by atoms with Crippen molar-refractivity contribution in [2.24, 2.45) is 0 Å². The van der Waals surface area contributed by atoms with Gasteiger partial charge in [-0.15, -0.1) is 0 Å². The highest BCUT2D eigenvalue weighted by molar-refractivity contribution is 9.10. The van der Waals surface area contributed by atoms with Crippen molar-refractivity contribution in [1.29, 1.82) is 0 Å². The Morgan fingerprint density at radius 3 is 2.74 bits per heavy atom. The Balaban J connectivity index is 2.10. The van der Waals surface area contributed by atoms with E-state index >= 15 is 0 Å². The molecule has 0 bridgehead atoms. The minimum atomic E-state index is -0.341. The summed E-state index contributed by atoms with van der Waals surface area (Å²) in [5, 5.41) is 0. The number of furan rings is 1. The molecular weight excluding hydrogens is 364 g/mol. The van der Waals surface area contributed by atoms with Crippen LogP contribution in [0.5, 0.6) is 0 Å². The lowest BCUT2D eigenvalue weighted by Crippen LogP contribution is -2.33. The van der Waals surface area contributed by atoms with E-state index in [-0.39, 0.29) is 37.1 Å². The van der Waals surface area contributed by atoms with Crippen molar-refractivity contribution < 1.29 is 18.7 Å². The largest absolute Gasteiger partial charge is 0.466 e. The molecule has 2 aromatic rings. The first-order chi connectivity index (χ1) is 11.1. The van der Waals surface area contributed by atoms with E-state index in [0.717, 1.165) is 5.69 Å². The lowest BCUT2D eigenvalue weighted by molar-refractivity contribution is -0.143. The van der Waals surface area contributed by atoms with Gasteiger partial charge in [0.05, 0.1) is 25.3 Å². The van der Waals surface area contributed by atoms with E-state index < -0.39 is 0 Å². The minimum absolute atomic E-state index is 0.119. The zero-order chi connectivity index (χ0) is 16.7. The van der Waals surface area contributed by atoms with E-state index in [1.54, 1.807) is 31.3 Å². The summed E-state index contributed by atoms with van der Waals surface area (Å²) in [6.45, 7) is 2.58. The highest BCUT2D eigenvalue weighted by Crippen LogP contribution is 2.17. The van der Waals surface area contributed by atoms with Crippen LogP contribution in [0.25, 0.3) is 0 Å². The number of hydrogen-bond donors (Lipinski definition) is 0. The van der Waals surface area contributed by atoms with Gasteiger partial charge in [0.2, 0.25) is 0 Å². The smallest absolute Gasteiger partial charge is 0.307 e. The maximum absolute atomic E-state index is 12.6. The molecule has 2 rings (SSSR count). The average Bonchev–Trinajstić information content (AvgIpc) is 2.98. The van der Waals surface area contributed by atoms with Crippen molar-refractivity contribution >= 4 is 27.8 Å². The van der Waals surface area contributed by atoms with Gasteiger partial charge < -0.3 is 14.1 Å². The predicted octanol–water partition coefficient (Wildman–Crippen LogP) is 3.03. The quantitative estimate of drug-likeness (QED) is 0.690. The van der Waals surface area contributed by atoms with Crippen molar-refractivity contribution in [1.82, 2.24) is 9.88 Å². The van der Waals surface area contributed by atoms with Gasteiger partial charge in [0.1, 0.15) is 0 Å². The van der Waals surface area contributed by atoms with Crippen molar-refractivity contribution in [3.8, 4) is 0 Å². The molecule has 0 aliphatic carbocycles. The third-order valence-corrected chi connectivity index (χ3v) is 3.47. The molecule has 6 nitrogen and oxygen atoms in total. The molecule has 0 radical (unpaired) electrons. The standard InChI is InChI=1S/C16H17BrN2O4/c1-2-22-15(20)8-10-19(11-12-5-3-4-9-18-12)16(21)13-6-7-14(17)23-13/h3-7,9H,2,8,10-11H2,1H3. The SMILES string of the molecule is CCOC(=O)CCN(Cc1ccccn1)C(=O)c1ccc(Br)o1. The molecule has 2 heterocycles. The van der Waals surface area contributed by atoms with E-state index in [0.29, 0.717) is 11.3 Å². The summed E-state index contributed by atoms with van der Waals surface area (Å²) in [7, 11) is 0. The Hall–Kier alpha value is -2.15. The molecule has 0 saturated carbocycles. The zero-order valence-corrected chi connectivity index (χ0v) is 14.3. The van der Waals surface area contributed by atoms with Gasteiger partial charge in [-0.1, -0.05) is 6.07 Å². The molecule has 0 saturated heterocycles. The van der Waals surface area contributed by atoms with Crippen LogP contribution in [0.4, 0.5) is 0 Å². The summed E-state index contributed by atoms with van der Waals surface area (Å²) in [5.41, 5.74) is 0.732. The monoisotopic (exact) mass is 380 g/mol. The maximum Gasteiger partial charge on any atom is 0.307 e. The van der Waals surface area contributed by atoms with E-state index in [1.807, 2.05) is 12.1 Å². The van der Waals surface area contributed by atoms with Crippen LogP contribution in [0.15, 0.2) is 45.6 Å². The number of halogens is 1. The van der Waals surface area contributed by atoms with Gasteiger partial charge in [-0.05, 0) is 47.1 Å². The van der Waals surface area contributed by atoms with Gasteiger partial charge in [-0.25, -0.2) is 0 Å². The van der Waals surface area contributed by atoms with Crippen LogP contribution in [0.3, 0.4) is 0 Å². The van der Waals surface area contributed by atoms with Crippen LogP contribution < -0.4 is 0 Å². The maximum atomic E-state index is 12.6. The molecule has 122 valence electrons. The Kier molecular flexibility index (Phi) is 6.34. The minimum Gasteiger partial charge on any atom is -0.466 e. The molecule has 7 heteroatoms. The first-order valence-electron chi connectivity index (χ1n) is 7.20. The summed E-state index contributed by atoms with van der Waals surface area (Å²) in [6.07, 6.45) is 1.78. The summed E-state index contributed by atoms with van der Waals surface area (Å²) >= 11 is 3.18. The summed E-state index contributed by atoms with van der Waals surface area (Å²) in [6, 6.07) is 8.71. The number of carbonyl (C=O) groups excluding carboxylic acids is 2. The van der Waals surface area contributed by atoms with Crippen LogP contribution in [-0.4, -0.2) is 34.9 Å². The molecule has 0 aliphatic heterocycles. The molecule has 1 amide bonds. The molecule has 0 fully saturated rings. The average molecular weight is 381 g/mol. The second kappa shape index (κ2) is 8.47. The number of ether oxygens (including phenoxy) is 1. The van der Waals surface area contributed by atoms with Crippen molar-refractivity contribution in [3.05, 3.63) is 52.7 Å².